The first-order valence-electron chi connectivity index (χ1n) is 7.29. The van der Waals surface area contributed by atoms with Gasteiger partial charge in [-0.1, -0.05) is 6.07 Å². The average Bonchev–Trinajstić information content (AvgIpc) is 2.55. The SMILES string of the molecule is COCCOCCC(=O)N1CCNCC1c1cccnc1. The van der Waals surface area contributed by atoms with Crippen molar-refractivity contribution >= 4 is 5.91 Å². The molecule has 0 aromatic carbocycles. The molecule has 0 aliphatic carbocycles. The number of nitrogens with zero attached hydrogens (tertiary/aromatic N) is 2. The molecular formula is C15H23N3O3. The van der Waals surface area contributed by atoms with Crippen molar-refractivity contribution in [2.45, 2.75) is 12.5 Å². The molecule has 1 unspecified atom stereocenters. The molecule has 1 saturated heterocycles. The zero-order chi connectivity index (χ0) is 14.9. The van der Waals surface area contributed by atoms with Crippen LogP contribution >= 0.6 is 0 Å². The Balaban J connectivity index is 1.88. The summed E-state index contributed by atoms with van der Waals surface area (Å²) in [7, 11) is 1.63. The van der Waals surface area contributed by atoms with Gasteiger partial charge in [0.15, 0.2) is 0 Å². The minimum atomic E-state index is 0.0546. The molecule has 116 valence electrons. The van der Waals surface area contributed by atoms with E-state index >= 15 is 0 Å². The normalized spacial score (nSPS) is 18.7. The number of methoxy groups -OCH3 is 1. The number of hydrogen-bond acceptors (Lipinski definition) is 5. The Morgan fingerprint density at radius 1 is 1.48 bits per heavy atom. The maximum absolute atomic E-state index is 12.4. The summed E-state index contributed by atoms with van der Waals surface area (Å²) in [5.41, 5.74) is 1.07. The van der Waals surface area contributed by atoms with E-state index in [1.807, 2.05) is 23.2 Å². The van der Waals surface area contributed by atoms with E-state index in [0.29, 0.717) is 26.2 Å². The Bertz CT molecular complexity index is 427. The first-order chi connectivity index (χ1) is 10.3. The summed E-state index contributed by atoms with van der Waals surface area (Å²) in [5, 5.41) is 3.33. The largest absolute Gasteiger partial charge is 0.382 e. The van der Waals surface area contributed by atoms with Crippen LogP contribution in [0.2, 0.25) is 0 Å². The minimum Gasteiger partial charge on any atom is -0.382 e. The first kappa shape index (κ1) is 15.9. The molecule has 0 bridgehead atoms. The van der Waals surface area contributed by atoms with Gasteiger partial charge in [0.1, 0.15) is 0 Å². The summed E-state index contributed by atoms with van der Waals surface area (Å²) < 4.78 is 10.3. The molecule has 1 amide bonds. The number of nitrogens with one attached hydrogen (secondary N) is 1. The first-order valence-corrected chi connectivity index (χ1v) is 7.29. The van der Waals surface area contributed by atoms with Gasteiger partial charge in [0, 0.05) is 39.1 Å². The molecule has 1 fully saturated rings. The number of ether oxygens (including phenoxy) is 2. The van der Waals surface area contributed by atoms with Crippen LogP contribution in [0, 0.1) is 0 Å². The van der Waals surface area contributed by atoms with Crippen LogP contribution in [0.4, 0.5) is 0 Å². The molecule has 1 aromatic rings. The van der Waals surface area contributed by atoms with Crippen LogP contribution in [0.5, 0.6) is 0 Å². The predicted molar refractivity (Wildman–Crippen MR) is 78.9 cm³/mol. The quantitative estimate of drug-likeness (QED) is 0.746. The zero-order valence-corrected chi connectivity index (χ0v) is 12.5. The molecule has 21 heavy (non-hydrogen) atoms. The van der Waals surface area contributed by atoms with Crippen molar-refractivity contribution in [3.05, 3.63) is 30.1 Å². The van der Waals surface area contributed by atoms with Crippen molar-refractivity contribution < 1.29 is 14.3 Å². The van der Waals surface area contributed by atoms with Crippen LogP contribution in [-0.2, 0) is 14.3 Å². The Labute approximate surface area is 125 Å². The van der Waals surface area contributed by atoms with Gasteiger partial charge in [-0.2, -0.15) is 0 Å². The fraction of sp³-hybridized carbons (Fsp3) is 0.600. The van der Waals surface area contributed by atoms with E-state index in [9.17, 15) is 4.79 Å². The van der Waals surface area contributed by atoms with E-state index in [2.05, 4.69) is 10.3 Å². The third kappa shape index (κ3) is 4.77. The topological polar surface area (TPSA) is 63.7 Å². The zero-order valence-electron chi connectivity index (χ0n) is 12.5. The summed E-state index contributed by atoms with van der Waals surface area (Å²) >= 11 is 0. The number of rotatable bonds is 7. The molecule has 1 N–H and O–H groups in total. The second-order valence-corrected chi connectivity index (χ2v) is 4.95. The van der Waals surface area contributed by atoms with Crippen LogP contribution in [0.25, 0.3) is 0 Å². The average molecular weight is 293 g/mol. The maximum atomic E-state index is 12.4. The molecule has 2 rings (SSSR count). The number of hydrogen-bond donors (Lipinski definition) is 1. The van der Waals surface area contributed by atoms with E-state index < -0.39 is 0 Å². The number of aromatic nitrogens is 1. The Hall–Kier alpha value is -1.50. The van der Waals surface area contributed by atoms with Gasteiger partial charge < -0.3 is 19.7 Å². The maximum Gasteiger partial charge on any atom is 0.225 e. The van der Waals surface area contributed by atoms with Gasteiger partial charge in [-0.15, -0.1) is 0 Å². The highest BCUT2D eigenvalue weighted by Gasteiger charge is 2.27. The van der Waals surface area contributed by atoms with Gasteiger partial charge in [0.05, 0.1) is 32.3 Å². The highest BCUT2D eigenvalue weighted by Crippen LogP contribution is 2.22. The van der Waals surface area contributed by atoms with Crippen LogP contribution in [0.1, 0.15) is 18.0 Å². The van der Waals surface area contributed by atoms with E-state index in [-0.39, 0.29) is 11.9 Å². The summed E-state index contributed by atoms with van der Waals surface area (Å²) in [6, 6.07) is 3.97. The lowest BCUT2D eigenvalue weighted by Gasteiger charge is -2.36. The smallest absolute Gasteiger partial charge is 0.225 e. The highest BCUT2D eigenvalue weighted by molar-refractivity contribution is 5.77. The predicted octanol–water partition coefficient (Wildman–Crippen LogP) is 0.608. The Morgan fingerprint density at radius 3 is 3.14 bits per heavy atom. The summed E-state index contributed by atoms with van der Waals surface area (Å²) in [6.07, 6.45) is 3.98. The molecule has 6 heteroatoms. The van der Waals surface area contributed by atoms with Crippen molar-refractivity contribution in [1.29, 1.82) is 0 Å². The highest BCUT2D eigenvalue weighted by atomic mass is 16.5. The van der Waals surface area contributed by atoms with Crippen molar-refractivity contribution in [2.75, 3.05) is 46.6 Å². The second kappa shape index (κ2) is 8.71. The van der Waals surface area contributed by atoms with E-state index in [1.54, 1.807) is 13.3 Å². The lowest BCUT2D eigenvalue weighted by Crippen LogP contribution is -2.48. The number of carbonyl (C=O) groups excluding carboxylic acids is 1. The third-order valence-corrected chi connectivity index (χ3v) is 3.52. The van der Waals surface area contributed by atoms with E-state index in [0.717, 1.165) is 25.2 Å². The standard InChI is InChI=1S/C15H23N3O3/c1-20-9-10-21-8-4-15(19)18-7-6-17-12-14(18)13-3-2-5-16-11-13/h2-3,5,11,14,17H,4,6-10,12H2,1H3. The molecule has 1 aromatic heterocycles. The van der Waals surface area contributed by atoms with E-state index in [4.69, 9.17) is 9.47 Å². The Kier molecular flexibility index (Phi) is 6.59. The van der Waals surface area contributed by atoms with Crippen molar-refractivity contribution in [1.82, 2.24) is 15.2 Å². The van der Waals surface area contributed by atoms with Crippen LogP contribution in [-0.4, -0.2) is 62.4 Å². The van der Waals surface area contributed by atoms with Crippen LogP contribution in [0.15, 0.2) is 24.5 Å². The van der Waals surface area contributed by atoms with Gasteiger partial charge in [0.2, 0.25) is 5.91 Å². The number of amides is 1. The Morgan fingerprint density at radius 2 is 2.38 bits per heavy atom. The van der Waals surface area contributed by atoms with Gasteiger partial charge in [-0.25, -0.2) is 0 Å². The van der Waals surface area contributed by atoms with Crippen molar-refractivity contribution in [3.8, 4) is 0 Å². The molecular weight excluding hydrogens is 270 g/mol. The molecule has 1 aliphatic rings. The third-order valence-electron chi connectivity index (χ3n) is 3.52. The molecule has 0 saturated carbocycles. The van der Waals surface area contributed by atoms with Gasteiger partial charge in [-0.3, -0.25) is 9.78 Å². The molecule has 0 radical (unpaired) electrons. The molecule has 1 aliphatic heterocycles. The van der Waals surface area contributed by atoms with Crippen LogP contribution < -0.4 is 5.32 Å². The number of pyridine rings is 1. The second-order valence-electron chi connectivity index (χ2n) is 4.95. The van der Waals surface area contributed by atoms with E-state index in [1.165, 1.54) is 0 Å². The van der Waals surface area contributed by atoms with Gasteiger partial charge in [0.25, 0.3) is 0 Å². The lowest BCUT2D eigenvalue weighted by molar-refractivity contribution is -0.135. The monoisotopic (exact) mass is 293 g/mol. The van der Waals surface area contributed by atoms with Gasteiger partial charge >= 0.3 is 0 Å². The minimum absolute atomic E-state index is 0.0546. The number of carbonyl (C=O) groups is 1. The number of piperazine rings is 1. The van der Waals surface area contributed by atoms with Crippen molar-refractivity contribution in [2.24, 2.45) is 0 Å². The van der Waals surface area contributed by atoms with Crippen LogP contribution in [0.3, 0.4) is 0 Å². The summed E-state index contributed by atoms with van der Waals surface area (Å²) in [5.74, 6) is 0.128. The van der Waals surface area contributed by atoms with Crippen molar-refractivity contribution in [3.63, 3.8) is 0 Å². The molecule has 6 nitrogen and oxygen atoms in total. The summed E-state index contributed by atoms with van der Waals surface area (Å²) in [6.45, 7) is 3.83. The molecule has 1 atom stereocenters. The van der Waals surface area contributed by atoms with Gasteiger partial charge in [-0.05, 0) is 11.6 Å². The molecule has 2 heterocycles. The lowest BCUT2D eigenvalue weighted by atomic mass is 10.0. The summed E-state index contributed by atoms with van der Waals surface area (Å²) in [4.78, 5) is 18.5. The fourth-order valence-electron chi connectivity index (χ4n) is 2.42. The molecule has 0 spiro atoms. The fourth-order valence-corrected chi connectivity index (χ4v) is 2.42.